The minimum Gasteiger partial charge on any atom is -0.458 e. The summed E-state index contributed by atoms with van der Waals surface area (Å²) in [4.78, 5) is 24.0. The van der Waals surface area contributed by atoms with Gasteiger partial charge in [0, 0.05) is 18.3 Å². The number of carbonyl (C=O) groups excluding carboxylic acids is 2. The molecule has 1 saturated heterocycles. The number of esters is 2. The number of ether oxygens (including phenoxy) is 3. The molecule has 4 rings (SSSR count). The second-order valence-electron chi connectivity index (χ2n) is 7.72. The van der Waals surface area contributed by atoms with Crippen molar-refractivity contribution < 1.29 is 54.3 Å². The molecule has 4 fully saturated rings. The molecule has 4 aliphatic rings. The molecule has 0 radical (unpaired) electrons. The Kier molecular flexibility index (Phi) is 5.93. The summed E-state index contributed by atoms with van der Waals surface area (Å²) in [7, 11) is -6.32. The highest BCUT2D eigenvalue weighted by Crippen LogP contribution is 2.52. The molecule has 13 heteroatoms. The molecule has 8 nitrogen and oxygen atoms in total. The van der Waals surface area contributed by atoms with E-state index in [0.29, 0.717) is 6.42 Å². The molecule has 1 N–H and O–H groups in total. The highest BCUT2D eigenvalue weighted by molar-refractivity contribution is 7.87. The van der Waals surface area contributed by atoms with Crippen molar-refractivity contribution in [1.82, 2.24) is 0 Å². The molecule has 3 aliphatic carbocycles. The van der Waals surface area contributed by atoms with Gasteiger partial charge in [0.05, 0.1) is 24.7 Å². The standard InChI is InChI=1S/C17H20F4O8S/c1-8(7-27-5-4-16(18,19)17(20,21)30(24,25)26)14(22)28-12-9-2-3-10-11(6-9)15(23)29-13(10)12/h9-13H,1-7H2,(H,24,25,26). The van der Waals surface area contributed by atoms with Crippen LogP contribution in [-0.2, 0) is 33.9 Å². The van der Waals surface area contributed by atoms with E-state index in [1.807, 2.05) is 0 Å². The van der Waals surface area contributed by atoms with Gasteiger partial charge in [-0.05, 0) is 19.3 Å². The van der Waals surface area contributed by atoms with Crippen LogP contribution in [0.5, 0.6) is 0 Å². The van der Waals surface area contributed by atoms with Crippen molar-refractivity contribution >= 4 is 22.1 Å². The quantitative estimate of drug-likeness (QED) is 0.183. The van der Waals surface area contributed by atoms with Gasteiger partial charge in [-0.2, -0.15) is 26.0 Å². The first-order valence-corrected chi connectivity index (χ1v) is 10.6. The molecular weight excluding hydrogens is 440 g/mol. The van der Waals surface area contributed by atoms with Crippen molar-refractivity contribution in [3.05, 3.63) is 12.2 Å². The third kappa shape index (κ3) is 3.94. The first-order valence-electron chi connectivity index (χ1n) is 9.16. The second kappa shape index (κ2) is 7.75. The van der Waals surface area contributed by atoms with Gasteiger partial charge in [0.15, 0.2) is 0 Å². The smallest absolute Gasteiger partial charge is 0.431 e. The third-order valence-corrected chi connectivity index (χ3v) is 6.77. The summed E-state index contributed by atoms with van der Waals surface area (Å²) in [6, 6.07) is 0. The molecule has 5 atom stereocenters. The molecule has 30 heavy (non-hydrogen) atoms. The highest BCUT2D eigenvalue weighted by atomic mass is 32.2. The molecule has 5 unspecified atom stereocenters. The monoisotopic (exact) mass is 460 g/mol. The van der Waals surface area contributed by atoms with E-state index < -0.39 is 59.1 Å². The molecule has 0 aromatic heterocycles. The van der Waals surface area contributed by atoms with Crippen molar-refractivity contribution in [2.75, 3.05) is 13.2 Å². The maximum Gasteiger partial charge on any atom is 0.431 e. The summed E-state index contributed by atoms with van der Waals surface area (Å²) >= 11 is 0. The molecule has 3 saturated carbocycles. The Balaban J connectivity index is 1.47. The Hall–Kier alpha value is -1.73. The number of hydrogen-bond acceptors (Lipinski definition) is 7. The zero-order chi connectivity index (χ0) is 22.5. The maximum absolute atomic E-state index is 13.4. The molecule has 0 aromatic carbocycles. The van der Waals surface area contributed by atoms with Gasteiger partial charge >= 0.3 is 33.2 Å². The second-order valence-corrected chi connectivity index (χ2v) is 9.18. The molecule has 0 spiro atoms. The van der Waals surface area contributed by atoms with Crippen molar-refractivity contribution in [1.29, 1.82) is 0 Å². The van der Waals surface area contributed by atoms with Crippen molar-refractivity contribution in [3.8, 4) is 0 Å². The predicted molar refractivity (Wildman–Crippen MR) is 90.1 cm³/mol. The Morgan fingerprint density at radius 2 is 1.93 bits per heavy atom. The van der Waals surface area contributed by atoms with Gasteiger partial charge in [-0.1, -0.05) is 6.58 Å². The topological polar surface area (TPSA) is 116 Å². The van der Waals surface area contributed by atoms with E-state index in [-0.39, 0.29) is 29.3 Å². The minimum atomic E-state index is -6.32. The molecule has 1 heterocycles. The molecule has 1 aliphatic heterocycles. The van der Waals surface area contributed by atoms with Crippen LogP contribution in [0, 0.1) is 17.8 Å². The fourth-order valence-corrected chi connectivity index (χ4v) is 4.72. The van der Waals surface area contributed by atoms with Crippen molar-refractivity contribution in [2.24, 2.45) is 17.8 Å². The molecular formula is C17H20F4O8S. The lowest BCUT2D eigenvalue weighted by molar-refractivity contribution is -0.172. The summed E-state index contributed by atoms with van der Waals surface area (Å²) in [5.74, 6) is -6.54. The van der Waals surface area contributed by atoms with E-state index in [1.165, 1.54) is 0 Å². The van der Waals surface area contributed by atoms with Crippen molar-refractivity contribution in [2.45, 2.75) is 49.1 Å². The highest BCUT2D eigenvalue weighted by Gasteiger charge is 2.65. The lowest BCUT2D eigenvalue weighted by Crippen LogP contribution is -2.50. The van der Waals surface area contributed by atoms with E-state index in [0.717, 1.165) is 12.8 Å². The average Bonchev–Trinajstić information content (AvgIpc) is 2.92. The van der Waals surface area contributed by atoms with Crippen LogP contribution in [0.2, 0.25) is 0 Å². The largest absolute Gasteiger partial charge is 0.458 e. The van der Waals surface area contributed by atoms with Crippen LogP contribution in [0.1, 0.15) is 25.7 Å². The van der Waals surface area contributed by atoms with Crippen LogP contribution in [-0.4, -0.2) is 61.5 Å². The van der Waals surface area contributed by atoms with Gasteiger partial charge in [0.2, 0.25) is 0 Å². The van der Waals surface area contributed by atoms with Gasteiger partial charge < -0.3 is 14.2 Å². The molecule has 0 amide bonds. The minimum absolute atomic E-state index is 0.0171. The summed E-state index contributed by atoms with van der Waals surface area (Å²) < 4.78 is 97.4. The third-order valence-electron chi connectivity index (χ3n) is 5.83. The average molecular weight is 460 g/mol. The zero-order valence-electron chi connectivity index (χ0n) is 15.6. The van der Waals surface area contributed by atoms with E-state index in [4.69, 9.17) is 18.8 Å². The van der Waals surface area contributed by atoms with E-state index in [2.05, 4.69) is 6.58 Å². The van der Waals surface area contributed by atoms with E-state index in [9.17, 15) is 35.6 Å². The Labute approximate surface area is 169 Å². The fraction of sp³-hybridized carbons (Fsp3) is 0.765. The Morgan fingerprint density at radius 3 is 2.57 bits per heavy atom. The van der Waals surface area contributed by atoms with Crippen LogP contribution < -0.4 is 0 Å². The van der Waals surface area contributed by atoms with Crippen LogP contribution in [0.4, 0.5) is 17.6 Å². The molecule has 4 bridgehead atoms. The van der Waals surface area contributed by atoms with E-state index in [1.54, 1.807) is 0 Å². The summed E-state index contributed by atoms with van der Waals surface area (Å²) in [6.45, 7) is 1.74. The number of hydrogen-bond donors (Lipinski definition) is 1. The first kappa shape index (κ1) is 22.9. The molecule has 0 aromatic rings. The fourth-order valence-electron chi connectivity index (χ4n) is 4.24. The summed E-state index contributed by atoms with van der Waals surface area (Å²) in [5.41, 5.74) is -0.276. The number of halogens is 4. The normalized spacial score (nSPS) is 30.8. The van der Waals surface area contributed by atoms with Crippen LogP contribution in [0.25, 0.3) is 0 Å². The SMILES string of the molecule is C=C(COCCC(F)(F)C(F)(F)S(=O)(=O)O)C(=O)OC1C2CCC3C(C2)C(=O)OC31. The number of rotatable bonds is 9. The number of alkyl halides is 4. The number of fused-ring (bicyclic) bond motifs is 1. The van der Waals surface area contributed by atoms with E-state index >= 15 is 0 Å². The zero-order valence-corrected chi connectivity index (χ0v) is 16.4. The van der Waals surface area contributed by atoms with Gasteiger partial charge in [-0.25, -0.2) is 4.79 Å². The Morgan fingerprint density at radius 1 is 1.27 bits per heavy atom. The first-order chi connectivity index (χ1) is 13.8. The van der Waals surface area contributed by atoms with Crippen LogP contribution in [0.3, 0.4) is 0 Å². The van der Waals surface area contributed by atoms with Crippen LogP contribution >= 0.6 is 0 Å². The van der Waals surface area contributed by atoms with Gasteiger partial charge in [-0.3, -0.25) is 9.35 Å². The maximum atomic E-state index is 13.4. The van der Waals surface area contributed by atoms with Gasteiger partial charge in [-0.15, -0.1) is 0 Å². The van der Waals surface area contributed by atoms with Crippen molar-refractivity contribution in [3.63, 3.8) is 0 Å². The summed E-state index contributed by atoms with van der Waals surface area (Å²) in [6.07, 6.45) is -0.785. The van der Waals surface area contributed by atoms with Crippen LogP contribution in [0.15, 0.2) is 12.2 Å². The lowest BCUT2D eigenvalue weighted by Gasteiger charge is -2.43. The lowest BCUT2D eigenvalue weighted by atomic mass is 9.63. The predicted octanol–water partition coefficient (Wildman–Crippen LogP) is 1.95. The molecule has 170 valence electrons. The number of carbonyl (C=O) groups is 2. The summed E-state index contributed by atoms with van der Waals surface area (Å²) in [5, 5.41) is -5.68. The van der Waals surface area contributed by atoms with Gasteiger partial charge in [0.1, 0.15) is 12.2 Å². The Bertz CT molecular complexity index is 843. The van der Waals surface area contributed by atoms with Gasteiger partial charge in [0.25, 0.3) is 0 Å².